The number of fused-ring (bicyclic) bond motifs is 4. The minimum Gasteiger partial charge on any atom is -0.490 e. The number of anilines is 1. The lowest BCUT2D eigenvalue weighted by molar-refractivity contribution is -0.146. The molecule has 2 aliphatic carbocycles. The molecule has 4 heterocycles. The standard InChI is InChI=1S/C44H61ClN4O7S/c1-31-7-5-17-44(54-4,27-47-18-20-49(21-19-47)42(2)28-55-29-42)37-12-9-34(37)25-48-26-43(16-6-8-32-23-35(45)11-13-36(32)43)30-56-39-14-10-33(24-38(39)48)41(50)46-57(51,52)40(31)15-22-53-3/h5,10-11,13-14,17,23-24,31,34,37,40H,6-9,12,15-16,18-22,25-30H2,1-4H3,(H,46,50)/b17-5+/t31-,34-,37+,40+,43-,44-/m0/s1. The summed E-state index contributed by atoms with van der Waals surface area (Å²) in [6.07, 6.45) is 10.3. The normalized spacial score (nSPS) is 33.4. The minimum atomic E-state index is -4.07. The third-order valence-electron chi connectivity index (χ3n) is 14.4. The van der Waals surface area contributed by atoms with Crippen LogP contribution >= 0.6 is 11.6 Å². The van der Waals surface area contributed by atoms with Crippen molar-refractivity contribution < 1.29 is 32.2 Å². The number of hydrogen-bond donors (Lipinski definition) is 1. The van der Waals surface area contributed by atoms with E-state index >= 15 is 0 Å². The van der Waals surface area contributed by atoms with Crippen LogP contribution in [0.2, 0.25) is 5.02 Å². The number of sulfonamides is 1. The number of hydrogen-bond acceptors (Lipinski definition) is 10. The molecule has 2 bridgehead atoms. The Labute approximate surface area is 344 Å². The van der Waals surface area contributed by atoms with Gasteiger partial charge in [0.25, 0.3) is 5.91 Å². The number of nitrogens with zero attached hydrogens (tertiary/aromatic N) is 3. The van der Waals surface area contributed by atoms with Gasteiger partial charge in [0.2, 0.25) is 10.0 Å². The van der Waals surface area contributed by atoms with E-state index in [0.29, 0.717) is 36.8 Å². The van der Waals surface area contributed by atoms with Gasteiger partial charge in [0.15, 0.2) is 0 Å². The number of halogens is 1. The summed E-state index contributed by atoms with van der Waals surface area (Å²) in [5, 5.41) is -0.0929. The van der Waals surface area contributed by atoms with Crippen LogP contribution in [0.1, 0.15) is 73.9 Å². The van der Waals surface area contributed by atoms with Gasteiger partial charge in [0, 0.05) is 82.6 Å². The number of ether oxygens (including phenoxy) is 4. The highest BCUT2D eigenvalue weighted by atomic mass is 35.5. The van der Waals surface area contributed by atoms with Crippen LogP contribution in [-0.4, -0.2) is 127 Å². The topological polar surface area (TPSA) is 110 Å². The Bertz CT molecular complexity index is 1930. The zero-order valence-corrected chi connectivity index (χ0v) is 35.7. The zero-order valence-electron chi connectivity index (χ0n) is 34.1. The summed E-state index contributed by atoms with van der Waals surface area (Å²) in [6.45, 7) is 12.7. The molecule has 2 aromatic rings. The molecule has 13 heteroatoms. The third kappa shape index (κ3) is 8.01. The second-order valence-electron chi connectivity index (χ2n) is 18.1. The van der Waals surface area contributed by atoms with E-state index < -0.39 is 26.8 Å². The molecule has 2 aromatic carbocycles. The lowest BCUT2D eigenvalue weighted by Crippen LogP contribution is -2.66. The first kappa shape index (κ1) is 41.0. The molecular formula is C44H61ClN4O7S. The Morgan fingerprint density at radius 2 is 1.84 bits per heavy atom. The molecule has 1 N–H and O–H groups in total. The van der Waals surface area contributed by atoms with E-state index in [0.717, 1.165) is 95.3 Å². The average Bonchev–Trinajstić information content (AvgIpc) is 3.31. The van der Waals surface area contributed by atoms with Crippen LogP contribution in [0.5, 0.6) is 5.75 Å². The first-order valence-electron chi connectivity index (χ1n) is 21.0. The van der Waals surface area contributed by atoms with Crippen molar-refractivity contribution in [2.24, 2.45) is 17.8 Å². The van der Waals surface area contributed by atoms with Gasteiger partial charge in [-0.1, -0.05) is 36.7 Å². The van der Waals surface area contributed by atoms with Crippen LogP contribution in [0.3, 0.4) is 0 Å². The Morgan fingerprint density at radius 1 is 1.04 bits per heavy atom. The Kier molecular flexibility index (Phi) is 11.8. The molecule has 0 radical (unpaired) electrons. The van der Waals surface area contributed by atoms with Crippen molar-refractivity contribution in [3.8, 4) is 5.75 Å². The first-order valence-corrected chi connectivity index (χ1v) is 22.9. The van der Waals surface area contributed by atoms with Gasteiger partial charge < -0.3 is 23.8 Å². The van der Waals surface area contributed by atoms with E-state index in [4.69, 9.17) is 30.5 Å². The fourth-order valence-electron chi connectivity index (χ4n) is 10.8. The van der Waals surface area contributed by atoms with E-state index in [2.05, 4.69) is 50.6 Å². The number of carbonyl (C=O) groups is 1. The van der Waals surface area contributed by atoms with E-state index in [1.807, 2.05) is 32.2 Å². The Hall–Kier alpha value is -2.71. The second kappa shape index (κ2) is 16.4. The maximum Gasteiger partial charge on any atom is 0.264 e. The monoisotopic (exact) mass is 824 g/mol. The van der Waals surface area contributed by atoms with E-state index in [1.165, 1.54) is 11.1 Å². The highest BCUT2D eigenvalue weighted by Gasteiger charge is 2.50. The molecule has 2 saturated heterocycles. The maximum atomic E-state index is 14.1. The number of aryl methyl sites for hydroxylation is 1. The summed E-state index contributed by atoms with van der Waals surface area (Å²) in [5.41, 5.74) is 2.93. The van der Waals surface area contributed by atoms with Crippen LogP contribution in [0.15, 0.2) is 48.6 Å². The lowest BCUT2D eigenvalue weighted by atomic mass is 9.63. The van der Waals surface area contributed by atoms with Crippen molar-refractivity contribution in [3.63, 3.8) is 0 Å². The molecule has 3 fully saturated rings. The van der Waals surface area contributed by atoms with Crippen molar-refractivity contribution in [1.82, 2.24) is 14.5 Å². The fourth-order valence-corrected chi connectivity index (χ4v) is 12.7. The van der Waals surface area contributed by atoms with Gasteiger partial charge in [0.05, 0.1) is 36.3 Å². The number of piperazine rings is 1. The Balaban J connectivity index is 1.18. The Morgan fingerprint density at radius 3 is 2.54 bits per heavy atom. The van der Waals surface area contributed by atoms with Gasteiger partial charge in [-0.2, -0.15) is 0 Å². The second-order valence-corrected chi connectivity index (χ2v) is 20.4. The largest absolute Gasteiger partial charge is 0.490 e. The fraction of sp³-hybridized carbons (Fsp3) is 0.659. The SMILES string of the molecule is COCC[C@@H]1[C@@H](C)C/C=C/[C@@](CN2CCN(C3(C)COC3)CC2)(OC)[C@@H]2CC[C@H]2CN2C[C@@]3(CCCc4cc(Cl)ccc43)COc3ccc(cc32)C(=O)NS1(=O)=O. The van der Waals surface area contributed by atoms with Gasteiger partial charge in [-0.05, 0) is 111 Å². The molecule has 0 unspecified atom stereocenters. The van der Waals surface area contributed by atoms with Gasteiger partial charge in [0.1, 0.15) is 11.4 Å². The number of benzene rings is 2. The summed E-state index contributed by atoms with van der Waals surface area (Å²) in [6, 6.07) is 11.7. The van der Waals surface area contributed by atoms with Gasteiger partial charge in [-0.3, -0.25) is 14.6 Å². The quantitative estimate of drug-likeness (QED) is 0.350. The van der Waals surface area contributed by atoms with Gasteiger partial charge in [-0.25, -0.2) is 13.1 Å². The van der Waals surface area contributed by atoms with E-state index in [1.54, 1.807) is 13.2 Å². The molecule has 11 nitrogen and oxygen atoms in total. The molecule has 1 saturated carbocycles. The molecule has 1 amide bonds. The smallest absolute Gasteiger partial charge is 0.264 e. The van der Waals surface area contributed by atoms with E-state index in [-0.39, 0.29) is 35.8 Å². The van der Waals surface area contributed by atoms with Gasteiger partial charge in [-0.15, -0.1) is 0 Å². The minimum absolute atomic E-state index is 0.122. The van der Waals surface area contributed by atoms with Crippen LogP contribution in [0, 0.1) is 17.8 Å². The molecule has 8 rings (SSSR count). The zero-order chi connectivity index (χ0) is 40.0. The molecule has 0 aromatic heterocycles. The highest BCUT2D eigenvalue weighted by molar-refractivity contribution is 7.90. The summed E-state index contributed by atoms with van der Waals surface area (Å²) >= 11 is 6.53. The number of methoxy groups -OCH3 is 2. The third-order valence-corrected chi connectivity index (χ3v) is 16.6. The number of carbonyl (C=O) groups excluding carboxylic acids is 1. The van der Waals surface area contributed by atoms with Crippen LogP contribution in [-0.2, 0) is 36.1 Å². The lowest BCUT2D eigenvalue weighted by Gasteiger charge is -2.54. The maximum absolute atomic E-state index is 14.1. The summed E-state index contributed by atoms with van der Waals surface area (Å²) in [7, 11) is -0.649. The van der Waals surface area contributed by atoms with Crippen molar-refractivity contribution in [1.29, 1.82) is 0 Å². The van der Waals surface area contributed by atoms with Gasteiger partial charge >= 0.3 is 0 Å². The molecule has 1 spiro atoms. The number of allylic oxidation sites excluding steroid dienone is 1. The van der Waals surface area contributed by atoms with Crippen molar-refractivity contribution >= 4 is 33.2 Å². The summed E-state index contributed by atoms with van der Waals surface area (Å²) in [4.78, 5) is 21.5. The predicted octanol–water partition coefficient (Wildman–Crippen LogP) is 5.69. The van der Waals surface area contributed by atoms with Crippen LogP contribution < -0.4 is 14.4 Å². The molecule has 312 valence electrons. The number of nitrogens with one attached hydrogen (secondary N) is 1. The van der Waals surface area contributed by atoms with Crippen LogP contribution in [0.4, 0.5) is 5.69 Å². The summed E-state index contributed by atoms with van der Waals surface area (Å²) in [5.74, 6) is 0.340. The average molecular weight is 826 g/mol. The molecular weight excluding hydrogens is 764 g/mol. The molecule has 57 heavy (non-hydrogen) atoms. The van der Waals surface area contributed by atoms with E-state index in [9.17, 15) is 13.2 Å². The van der Waals surface area contributed by atoms with Crippen LogP contribution in [0.25, 0.3) is 0 Å². The van der Waals surface area contributed by atoms with Crippen molar-refractivity contribution in [2.75, 3.05) is 91.4 Å². The number of amides is 1. The predicted molar refractivity (Wildman–Crippen MR) is 223 cm³/mol. The first-order chi connectivity index (χ1) is 27.4. The molecule has 6 aliphatic rings. The van der Waals surface area contributed by atoms with Crippen molar-refractivity contribution in [3.05, 3.63) is 70.3 Å². The van der Waals surface area contributed by atoms with Crippen molar-refractivity contribution in [2.45, 2.75) is 80.6 Å². The molecule has 6 atom stereocenters. The molecule has 4 aliphatic heterocycles. The summed E-state index contributed by atoms with van der Waals surface area (Å²) < 4.78 is 55.1. The highest BCUT2D eigenvalue weighted by Crippen LogP contribution is 2.49. The number of rotatable bonds is 7.